The maximum atomic E-state index is 12.7. The molecule has 1 N–H and O–H groups in total. The van der Waals surface area contributed by atoms with Gasteiger partial charge in [-0.15, -0.1) is 0 Å². The van der Waals surface area contributed by atoms with E-state index in [4.69, 9.17) is 0 Å². The number of fused-ring (bicyclic) bond motifs is 1. The molecule has 0 saturated carbocycles. The third kappa shape index (κ3) is 2.99. The highest BCUT2D eigenvalue weighted by atomic mass is 32.2. The average molecular weight is 346 g/mol. The molecule has 0 atom stereocenters. The molecule has 6 nitrogen and oxygen atoms in total. The lowest BCUT2D eigenvalue weighted by Gasteiger charge is -2.20. The maximum Gasteiger partial charge on any atom is 0.273 e. The Kier molecular flexibility index (Phi) is 4.28. The largest absolute Gasteiger partial charge is 0.279 e. The van der Waals surface area contributed by atoms with Gasteiger partial charge in [-0.05, 0) is 55.9 Å². The number of aryl methyl sites for hydroxylation is 1. The Balaban J connectivity index is 2.02. The highest BCUT2D eigenvalue weighted by molar-refractivity contribution is 7.92. The Hall–Kier alpha value is -2.41. The van der Waals surface area contributed by atoms with Gasteiger partial charge in [0.05, 0.1) is 15.5 Å². The van der Waals surface area contributed by atoms with Crippen molar-refractivity contribution in [1.29, 1.82) is 0 Å². The van der Waals surface area contributed by atoms with Crippen molar-refractivity contribution in [3.8, 4) is 0 Å². The van der Waals surface area contributed by atoms with Crippen LogP contribution >= 0.6 is 0 Å². The van der Waals surface area contributed by atoms with Crippen molar-refractivity contribution in [1.82, 2.24) is 0 Å². The molecule has 0 aliphatic heterocycles. The molecule has 0 saturated heterocycles. The minimum atomic E-state index is -3.89. The normalized spacial score (nSPS) is 14.0. The minimum absolute atomic E-state index is 0.0647. The van der Waals surface area contributed by atoms with Crippen molar-refractivity contribution in [3.63, 3.8) is 0 Å². The average Bonchev–Trinajstić information content (AvgIpc) is 2.54. The molecule has 2 aromatic rings. The zero-order valence-electron chi connectivity index (χ0n) is 13.3. The summed E-state index contributed by atoms with van der Waals surface area (Å²) in [6.07, 6.45) is 3.91. The minimum Gasteiger partial charge on any atom is -0.279 e. The highest BCUT2D eigenvalue weighted by Crippen LogP contribution is 2.31. The molecule has 7 heteroatoms. The van der Waals surface area contributed by atoms with Crippen LogP contribution in [0.1, 0.15) is 29.5 Å². The van der Waals surface area contributed by atoms with E-state index < -0.39 is 14.9 Å². The van der Waals surface area contributed by atoms with Crippen molar-refractivity contribution in [2.45, 2.75) is 37.5 Å². The summed E-state index contributed by atoms with van der Waals surface area (Å²) in [4.78, 5) is 10.4. The number of hydrogen-bond donors (Lipinski definition) is 1. The second-order valence-electron chi connectivity index (χ2n) is 5.91. The molecule has 1 aliphatic carbocycles. The van der Waals surface area contributed by atoms with E-state index in [9.17, 15) is 18.5 Å². The molecule has 0 amide bonds. The number of sulfonamides is 1. The number of nitrogens with one attached hydrogen (secondary N) is 1. The van der Waals surface area contributed by atoms with Crippen molar-refractivity contribution in [2.24, 2.45) is 0 Å². The van der Waals surface area contributed by atoms with Crippen molar-refractivity contribution >= 4 is 21.4 Å². The van der Waals surface area contributed by atoms with E-state index in [0.29, 0.717) is 5.69 Å². The predicted octanol–water partition coefficient (Wildman–Crippen LogP) is 3.58. The number of hydrogen-bond acceptors (Lipinski definition) is 4. The van der Waals surface area contributed by atoms with Gasteiger partial charge in [-0.25, -0.2) is 8.42 Å². The molecule has 0 heterocycles. The summed E-state index contributed by atoms with van der Waals surface area (Å²) < 4.78 is 28.1. The zero-order chi connectivity index (χ0) is 17.3. The van der Waals surface area contributed by atoms with Crippen LogP contribution in [0.15, 0.2) is 41.3 Å². The molecule has 0 spiro atoms. The Morgan fingerprint density at radius 1 is 1.08 bits per heavy atom. The van der Waals surface area contributed by atoms with Gasteiger partial charge in [0.2, 0.25) is 0 Å². The lowest BCUT2D eigenvalue weighted by Crippen LogP contribution is -2.17. The summed E-state index contributed by atoms with van der Waals surface area (Å²) in [6.45, 7) is 1.45. The SMILES string of the molecule is Cc1c([N+](=O)[O-])cccc1S(=O)(=O)Nc1cccc2c1CCCC2. The number of anilines is 1. The Labute approximate surface area is 140 Å². The van der Waals surface area contributed by atoms with Crippen LogP contribution in [0, 0.1) is 17.0 Å². The molecule has 3 rings (SSSR count). The van der Waals surface area contributed by atoms with Crippen LogP contribution in [0.2, 0.25) is 0 Å². The Bertz CT molecular complexity index is 907. The lowest BCUT2D eigenvalue weighted by atomic mass is 9.91. The van der Waals surface area contributed by atoms with Gasteiger partial charge in [-0.3, -0.25) is 14.8 Å². The standard InChI is InChI=1S/C17H18N2O4S/c1-12-16(19(20)21)10-5-11-17(12)24(22,23)18-15-9-4-7-13-6-2-3-8-14(13)15/h4-5,7,9-11,18H,2-3,6,8H2,1H3. The molecule has 0 fully saturated rings. The van der Waals surface area contributed by atoms with Gasteiger partial charge in [0.15, 0.2) is 0 Å². The first-order chi connectivity index (χ1) is 11.4. The maximum absolute atomic E-state index is 12.7. The van der Waals surface area contributed by atoms with E-state index in [-0.39, 0.29) is 16.1 Å². The van der Waals surface area contributed by atoms with Crippen molar-refractivity contribution in [3.05, 3.63) is 63.2 Å². The van der Waals surface area contributed by atoms with Gasteiger partial charge < -0.3 is 0 Å². The molecule has 0 aromatic heterocycles. The van der Waals surface area contributed by atoms with Crippen LogP contribution in [0.3, 0.4) is 0 Å². The molecule has 0 bridgehead atoms. The fourth-order valence-electron chi connectivity index (χ4n) is 3.17. The Morgan fingerprint density at radius 3 is 2.54 bits per heavy atom. The number of nitrogens with zero attached hydrogens (tertiary/aromatic N) is 1. The van der Waals surface area contributed by atoms with Crippen LogP contribution in [0.4, 0.5) is 11.4 Å². The molecule has 0 radical (unpaired) electrons. The Morgan fingerprint density at radius 2 is 1.79 bits per heavy atom. The van der Waals surface area contributed by atoms with Crippen LogP contribution < -0.4 is 4.72 Å². The van der Waals surface area contributed by atoms with E-state index in [1.54, 1.807) is 6.07 Å². The third-order valence-electron chi connectivity index (χ3n) is 4.38. The van der Waals surface area contributed by atoms with E-state index in [1.165, 1.54) is 25.1 Å². The van der Waals surface area contributed by atoms with E-state index in [0.717, 1.165) is 36.8 Å². The second-order valence-corrected chi connectivity index (χ2v) is 7.56. The number of benzene rings is 2. The third-order valence-corrected chi connectivity index (χ3v) is 5.89. The van der Waals surface area contributed by atoms with Crippen molar-refractivity contribution in [2.75, 3.05) is 4.72 Å². The number of nitro groups is 1. The van der Waals surface area contributed by atoms with Gasteiger partial charge in [0, 0.05) is 11.6 Å². The fraction of sp³-hybridized carbons (Fsp3) is 0.294. The second kappa shape index (κ2) is 6.24. The summed E-state index contributed by atoms with van der Waals surface area (Å²) in [6, 6.07) is 9.68. The topological polar surface area (TPSA) is 89.3 Å². The monoisotopic (exact) mass is 346 g/mol. The van der Waals surface area contributed by atoms with Crippen LogP contribution in [-0.2, 0) is 22.9 Å². The van der Waals surface area contributed by atoms with Gasteiger partial charge in [-0.1, -0.05) is 18.2 Å². The first kappa shape index (κ1) is 16.4. The van der Waals surface area contributed by atoms with Gasteiger partial charge in [-0.2, -0.15) is 0 Å². The first-order valence-electron chi connectivity index (χ1n) is 7.78. The van der Waals surface area contributed by atoms with Gasteiger partial charge in [0.25, 0.3) is 15.7 Å². The molecule has 126 valence electrons. The molecular weight excluding hydrogens is 328 g/mol. The molecular formula is C17H18N2O4S. The number of nitro benzene ring substituents is 1. The van der Waals surface area contributed by atoms with Crippen LogP contribution in [0.5, 0.6) is 0 Å². The number of rotatable bonds is 4. The van der Waals surface area contributed by atoms with Crippen molar-refractivity contribution < 1.29 is 13.3 Å². The molecule has 1 aliphatic rings. The summed E-state index contributed by atoms with van der Waals surface area (Å²) >= 11 is 0. The smallest absolute Gasteiger partial charge is 0.273 e. The summed E-state index contributed by atoms with van der Waals surface area (Å²) in [5.74, 6) is 0. The van der Waals surface area contributed by atoms with Crippen LogP contribution in [-0.4, -0.2) is 13.3 Å². The fourth-order valence-corrected chi connectivity index (χ4v) is 4.52. The van der Waals surface area contributed by atoms with Crippen LogP contribution in [0.25, 0.3) is 0 Å². The van der Waals surface area contributed by atoms with Gasteiger partial charge in [0.1, 0.15) is 0 Å². The molecule has 24 heavy (non-hydrogen) atoms. The van der Waals surface area contributed by atoms with E-state index >= 15 is 0 Å². The summed E-state index contributed by atoms with van der Waals surface area (Å²) in [5, 5.41) is 11.0. The zero-order valence-corrected chi connectivity index (χ0v) is 14.1. The predicted molar refractivity (Wildman–Crippen MR) is 91.7 cm³/mol. The quantitative estimate of drug-likeness (QED) is 0.677. The van der Waals surface area contributed by atoms with Gasteiger partial charge >= 0.3 is 0 Å². The highest BCUT2D eigenvalue weighted by Gasteiger charge is 2.24. The van der Waals surface area contributed by atoms with E-state index in [1.807, 2.05) is 12.1 Å². The van der Waals surface area contributed by atoms with E-state index in [2.05, 4.69) is 4.72 Å². The first-order valence-corrected chi connectivity index (χ1v) is 9.26. The summed E-state index contributed by atoms with van der Waals surface area (Å²) in [5.41, 5.74) is 2.69. The summed E-state index contributed by atoms with van der Waals surface area (Å²) in [7, 11) is -3.89. The molecule has 2 aromatic carbocycles. The molecule has 0 unspecified atom stereocenters. The lowest BCUT2D eigenvalue weighted by molar-refractivity contribution is -0.385.